The van der Waals surface area contributed by atoms with E-state index in [-0.39, 0.29) is 5.95 Å². The van der Waals surface area contributed by atoms with Gasteiger partial charge < -0.3 is 10.6 Å². The summed E-state index contributed by atoms with van der Waals surface area (Å²) < 4.78 is 1.46. The van der Waals surface area contributed by atoms with Crippen molar-refractivity contribution in [2.24, 2.45) is 5.92 Å². The molecule has 0 saturated carbocycles. The van der Waals surface area contributed by atoms with Gasteiger partial charge in [0.15, 0.2) is 0 Å². The summed E-state index contributed by atoms with van der Waals surface area (Å²) in [6, 6.07) is 0. The predicted molar refractivity (Wildman–Crippen MR) is 71.9 cm³/mol. The van der Waals surface area contributed by atoms with Gasteiger partial charge >= 0.3 is 0 Å². The summed E-state index contributed by atoms with van der Waals surface area (Å²) >= 11 is 0. The Hall–Kier alpha value is -2.25. The van der Waals surface area contributed by atoms with Crippen LogP contribution in [-0.2, 0) is 0 Å². The maximum absolute atomic E-state index is 5.74. The van der Waals surface area contributed by atoms with E-state index in [1.54, 1.807) is 0 Å². The van der Waals surface area contributed by atoms with Gasteiger partial charge in [0.2, 0.25) is 11.9 Å². The molecule has 2 aromatic rings. The monoisotopic (exact) mass is 262 g/mol. The summed E-state index contributed by atoms with van der Waals surface area (Å²) in [5.74, 6) is 1.63. The van der Waals surface area contributed by atoms with Crippen molar-refractivity contribution in [3.63, 3.8) is 0 Å². The molecule has 2 aromatic heterocycles. The van der Waals surface area contributed by atoms with Gasteiger partial charge in [-0.15, -0.1) is 0 Å². The maximum Gasteiger partial charge on any atom is 0.258 e. The van der Waals surface area contributed by atoms with Gasteiger partial charge in [0.25, 0.3) is 5.95 Å². The zero-order valence-electron chi connectivity index (χ0n) is 11.4. The molecular weight excluding hydrogens is 244 g/mol. The molecule has 0 aliphatic carbocycles. The van der Waals surface area contributed by atoms with Gasteiger partial charge in [-0.1, -0.05) is 13.8 Å². The summed E-state index contributed by atoms with van der Waals surface area (Å²) in [4.78, 5) is 18.6. The number of hydrogen-bond acceptors (Lipinski definition) is 7. The van der Waals surface area contributed by atoms with Crippen LogP contribution in [0.5, 0.6) is 0 Å². The molecule has 0 fully saturated rings. The molecule has 0 atom stereocenters. The van der Waals surface area contributed by atoms with Crippen LogP contribution >= 0.6 is 0 Å². The van der Waals surface area contributed by atoms with E-state index < -0.39 is 0 Å². The quantitative estimate of drug-likeness (QED) is 0.838. The first kappa shape index (κ1) is 13.2. The number of hydrogen-bond donors (Lipinski definition) is 1. The van der Waals surface area contributed by atoms with Crippen molar-refractivity contribution in [3.8, 4) is 5.95 Å². The highest BCUT2D eigenvalue weighted by atomic mass is 15.4. The molecule has 0 bridgehead atoms. The second kappa shape index (κ2) is 5.59. The summed E-state index contributed by atoms with van der Waals surface area (Å²) in [7, 11) is 0. The Balaban J connectivity index is 2.35. The van der Waals surface area contributed by atoms with E-state index in [4.69, 9.17) is 5.73 Å². The number of rotatable bonds is 5. The van der Waals surface area contributed by atoms with Crippen LogP contribution in [0.2, 0.25) is 0 Å². The van der Waals surface area contributed by atoms with Crippen molar-refractivity contribution >= 4 is 11.9 Å². The van der Waals surface area contributed by atoms with E-state index in [1.165, 1.54) is 17.3 Å². The molecule has 102 valence electrons. The largest absolute Gasteiger partial charge is 0.368 e. The lowest BCUT2D eigenvalue weighted by molar-refractivity contribution is 0.606. The van der Waals surface area contributed by atoms with Gasteiger partial charge in [-0.05, 0) is 12.8 Å². The average Bonchev–Trinajstić information content (AvgIpc) is 2.88. The molecular formula is C11H18N8. The van der Waals surface area contributed by atoms with Gasteiger partial charge in [0.1, 0.15) is 12.7 Å². The third-order valence-corrected chi connectivity index (χ3v) is 2.50. The fraction of sp³-hybridized carbons (Fsp3) is 0.545. The SMILES string of the molecule is CCN(CC(C)C)c1nc(N)nc(-n2cncn2)n1. The summed E-state index contributed by atoms with van der Waals surface area (Å²) in [5, 5.41) is 3.99. The van der Waals surface area contributed by atoms with E-state index in [0.717, 1.165) is 13.1 Å². The lowest BCUT2D eigenvalue weighted by Crippen LogP contribution is -2.30. The standard InChI is InChI=1S/C11H18N8/c1-4-18(5-8(2)3)10-15-9(12)16-11(17-10)19-7-13-6-14-19/h6-8H,4-5H2,1-3H3,(H2,12,15,16,17). The minimum atomic E-state index is 0.178. The first-order chi connectivity index (χ1) is 9.10. The van der Waals surface area contributed by atoms with Crippen LogP contribution in [0, 0.1) is 5.92 Å². The maximum atomic E-state index is 5.74. The zero-order chi connectivity index (χ0) is 13.8. The fourth-order valence-electron chi connectivity index (χ4n) is 1.72. The third-order valence-electron chi connectivity index (χ3n) is 2.50. The van der Waals surface area contributed by atoms with Crippen molar-refractivity contribution in [2.45, 2.75) is 20.8 Å². The summed E-state index contributed by atoms with van der Waals surface area (Å²) in [6.45, 7) is 8.00. The molecule has 2 heterocycles. The lowest BCUT2D eigenvalue weighted by Gasteiger charge is -2.22. The second-order valence-corrected chi connectivity index (χ2v) is 4.57. The minimum absolute atomic E-state index is 0.178. The predicted octanol–water partition coefficient (Wildman–Crippen LogP) is 0.517. The van der Waals surface area contributed by atoms with Crippen molar-refractivity contribution in [2.75, 3.05) is 23.7 Å². The number of nitrogen functional groups attached to an aromatic ring is 1. The second-order valence-electron chi connectivity index (χ2n) is 4.57. The molecule has 8 heteroatoms. The van der Waals surface area contributed by atoms with E-state index in [9.17, 15) is 0 Å². The van der Waals surface area contributed by atoms with Crippen LogP contribution in [0.1, 0.15) is 20.8 Å². The zero-order valence-corrected chi connectivity index (χ0v) is 11.4. The molecule has 19 heavy (non-hydrogen) atoms. The Labute approximate surface area is 111 Å². The highest BCUT2D eigenvalue weighted by Gasteiger charge is 2.13. The van der Waals surface area contributed by atoms with Gasteiger partial charge in [0, 0.05) is 13.1 Å². The highest BCUT2D eigenvalue weighted by molar-refractivity contribution is 5.37. The van der Waals surface area contributed by atoms with Crippen molar-refractivity contribution in [3.05, 3.63) is 12.7 Å². The number of nitrogens with zero attached hydrogens (tertiary/aromatic N) is 7. The molecule has 2 rings (SSSR count). The van der Waals surface area contributed by atoms with Crippen molar-refractivity contribution in [1.29, 1.82) is 0 Å². The Morgan fingerprint density at radius 2 is 2.11 bits per heavy atom. The Morgan fingerprint density at radius 1 is 1.32 bits per heavy atom. The fourth-order valence-corrected chi connectivity index (χ4v) is 1.72. The molecule has 0 aliphatic rings. The van der Waals surface area contributed by atoms with Crippen LogP contribution in [0.15, 0.2) is 12.7 Å². The minimum Gasteiger partial charge on any atom is -0.368 e. The van der Waals surface area contributed by atoms with E-state index in [0.29, 0.717) is 17.8 Å². The van der Waals surface area contributed by atoms with Crippen LogP contribution in [0.4, 0.5) is 11.9 Å². The van der Waals surface area contributed by atoms with Crippen molar-refractivity contribution < 1.29 is 0 Å². The topological polar surface area (TPSA) is 98.6 Å². The van der Waals surface area contributed by atoms with Gasteiger partial charge in [0.05, 0.1) is 0 Å². The van der Waals surface area contributed by atoms with E-state index >= 15 is 0 Å². The van der Waals surface area contributed by atoms with Gasteiger partial charge in [-0.3, -0.25) is 0 Å². The van der Waals surface area contributed by atoms with Gasteiger partial charge in [-0.2, -0.15) is 24.7 Å². The molecule has 0 amide bonds. The first-order valence-electron chi connectivity index (χ1n) is 6.21. The molecule has 0 unspecified atom stereocenters. The molecule has 0 aliphatic heterocycles. The Bertz CT molecular complexity index is 521. The van der Waals surface area contributed by atoms with Crippen LogP contribution in [0.25, 0.3) is 5.95 Å². The molecule has 8 nitrogen and oxygen atoms in total. The normalized spacial score (nSPS) is 10.9. The lowest BCUT2D eigenvalue weighted by atomic mass is 10.2. The Morgan fingerprint density at radius 3 is 2.68 bits per heavy atom. The average molecular weight is 262 g/mol. The molecule has 2 N–H and O–H groups in total. The molecule has 0 spiro atoms. The molecule has 0 radical (unpaired) electrons. The van der Waals surface area contributed by atoms with Gasteiger partial charge in [-0.25, -0.2) is 4.98 Å². The van der Waals surface area contributed by atoms with Crippen molar-refractivity contribution in [1.82, 2.24) is 29.7 Å². The number of aromatic nitrogens is 6. The van der Waals surface area contributed by atoms with E-state index in [2.05, 4.69) is 50.7 Å². The van der Waals surface area contributed by atoms with Crippen LogP contribution < -0.4 is 10.6 Å². The summed E-state index contributed by atoms with van der Waals surface area (Å²) in [5.41, 5.74) is 5.74. The summed E-state index contributed by atoms with van der Waals surface area (Å²) in [6.07, 6.45) is 2.95. The van der Waals surface area contributed by atoms with Crippen LogP contribution in [0.3, 0.4) is 0 Å². The smallest absolute Gasteiger partial charge is 0.258 e. The third kappa shape index (κ3) is 3.15. The van der Waals surface area contributed by atoms with Crippen LogP contribution in [-0.4, -0.2) is 42.8 Å². The number of nitrogens with two attached hydrogens (primary N) is 1. The first-order valence-corrected chi connectivity index (χ1v) is 6.21. The highest BCUT2D eigenvalue weighted by Crippen LogP contribution is 2.12. The number of anilines is 2. The molecule has 0 aromatic carbocycles. The Kier molecular flexibility index (Phi) is 3.88. The molecule has 0 saturated heterocycles. The van der Waals surface area contributed by atoms with E-state index in [1.807, 2.05) is 0 Å².